The average Bonchev–Trinajstić information content (AvgIpc) is 3.39. The van der Waals surface area contributed by atoms with E-state index >= 15 is 0 Å². The third-order valence-electron chi connectivity index (χ3n) is 5.61. The lowest BCUT2D eigenvalue weighted by Crippen LogP contribution is -2.31. The molecule has 0 spiro atoms. The van der Waals surface area contributed by atoms with E-state index in [2.05, 4.69) is 37.2 Å². The number of rotatable bonds is 4. The van der Waals surface area contributed by atoms with Crippen molar-refractivity contribution in [2.24, 2.45) is 11.8 Å². The maximum atomic E-state index is 13.4. The van der Waals surface area contributed by atoms with Crippen molar-refractivity contribution < 1.29 is 9.18 Å². The van der Waals surface area contributed by atoms with Gasteiger partial charge in [0.2, 0.25) is 5.82 Å². The molecule has 28 heavy (non-hydrogen) atoms. The first kappa shape index (κ1) is 17.5. The number of hydrogen-bond acceptors (Lipinski definition) is 5. The van der Waals surface area contributed by atoms with Crippen LogP contribution in [-0.2, 0) is 19.5 Å². The second-order valence-electron chi connectivity index (χ2n) is 7.56. The summed E-state index contributed by atoms with van der Waals surface area (Å²) in [5.74, 6) is 1.46. The molecule has 2 aliphatic rings. The molecule has 0 bridgehead atoms. The van der Waals surface area contributed by atoms with Crippen molar-refractivity contribution in [2.45, 2.75) is 19.5 Å². The molecule has 6 nitrogen and oxygen atoms in total. The molecule has 144 valence electrons. The van der Waals surface area contributed by atoms with Gasteiger partial charge in [0, 0.05) is 38.3 Å². The maximum Gasteiger partial charge on any atom is 0.293 e. The number of anilines is 1. The first-order chi connectivity index (χ1) is 13.7. The number of benzene rings is 1. The van der Waals surface area contributed by atoms with E-state index in [1.54, 1.807) is 23.5 Å². The summed E-state index contributed by atoms with van der Waals surface area (Å²) in [6.45, 7) is 3.80. The lowest BCUT2D eigenvalue weighted by Gasteiger charge is -2.25. The van der Waals surface area contributed by atoms with Gasteiger partial charge in [-0.05, 0) is 52.4 Å². The van der Waals surface area contributed by atoms with Crippen LogP contribution >= 0.6 is 11.3 Å². The van der Waals surface area contributed by atoms with Crippen molar-refractivity contribution in [1.82, 2.24) is 19.7 Å². The normalized spacial score (nSPS) is 21.3. The van der Waals surface area contributed by atoms with Gasteiger partial charge < -0.3 is 9.88 Å². The zero-order chi connectivity index (χ0) is 19.1. The minimum atomic E-state index is -0.388. The molecule has 1 fully saturated rings. The molecule has 0 aliphatic carbocycles. The van der Waals surface area contributed by atoms with Crippen molar-refractivity contribution in [2.75, 3.05) is 18.4 Å². The Bertz CT molecular complexity index is 1000. The summed E-state index contributed by atoms with van der Waals surface area (Å²) >= 11 is 1.73. The number of thiophene rings is 1. The Balaban J connectivity index is 1.29. The van der Waals surface area contributed by atoms with E-state index in [4.69, 9.17) is 0 Å². The van der Waals surface area contributed by atoms with E-state index in [1.165, 1.54) is 17.7 Å². The van der Waals surface area contributed by atoms with Crippen LogP contribution in [0.1, 0.15) is 22.0 Å². The number of aromatic nitrogens is 3. The topological polar surface area (TPSA) is 63.1 Å². The van der Waals surface area contributed by atoms with E-state index in [1.807, 2.05) is 4.57 Å². The van der Waals surface area contributed by atoms with Crippen molar-refractivity contribution in [3.05, 3.63) is 64.1 Å². The van der Waals surface area contributed by atoms with E-state index < -0.39 is 0 Å². The van der Waals surface area contributed by atoms with Crippen LogP contribution < -0.4 is 5.32 Å². The molecule has 0 unspecified atom stereocenters. The van der Waals surface area contributed by atoms with Crippen molar-refractivity contribution in [1.29, 1.82) is 0 Å². The third kappa shape index (κ3) is 3.33. The molecule has 4 heterocycles. The molecule has 1 N–H and O–H groups in total. The summed E-state index contributed by atoms with van der Waals surface area (Å²) in [5, 5.41) is 15.4. The van der Waals surface area contributed by atoms with E-state index in [0.29, 0.717) is 23.3 Å². The number of likely N-dealkylation sites (tertiary alicyclic amines) is 1. The van der Waals surface area contributed by atoms with Crippen LogP contribution in [0.4, 0.5) is 10.1 Å². The van der Waals surface area contributed by atoms with Gasteiger partial charge in [0.25, 0.3) is 5.91 Å². The number of hydrogen-bond donors (Lipinski definition) is 1. The Morgan fingerprint density at radius 1 is 1.21 bits per heavy atom. The summed E-state index contributed by atoms with van der Waals surface area (Å²) in [6.07, 6.45) is 0.838. The van der Waals surface area contributed by atoms with Crippen LogP contribution in [0.2, 0.25) is 0 Å². The van der Waals surface area contributed by atoms with Crippen LogP contribution in [0.5, 0.6) is 0 Å². The lowest BCUT2D eigenvalue weighted by molar-refractivity contribution is 0.100. The second kappa shape index (κ2) is 7.10. The van der Waals surface area contributed by atoms with Crippen molar-refractivity contribution in [3.8, 4) is 0 Å². The lowest BCUT2D eigenvalue weighted by atomic mass is 9.89. The molecule has 2 atom stereocenters. The largest absolute Gasteiger partial charge is 0.319 e. The zero-order valence-corrected chi connectivity index (χ0v) is 16.0. The number of halogens is 1. The molecule has 2 aliphatic heterocycles. The molecule has 1 saturated heterocycles. The smallest absolute Gasteiger partial charge is 0.293 e. The van der Waals surface area contributed by atoms with Gasteiger partial charge in [-0.3, -0.25) is 9.69 Å². The van der Waals surface area contributed by atoms with Gasteiger partial charge in [-0.2, -0.15) is 11.3 Å². The fourth-order valence-corrected chi connectivity index (χ4v) is 4.97. The maximum absolute atomic E-state index is 13.4. The number of nitrogens with zero attached hydrogens (tertiary/aromatic N) is 4. The van der Waals surface area contributed by atoms with Crippen molar-refractivity contribution in [3.63, 3.8) is 0 Å². The van der Waals surface area contributed by atoms with Crippen LogP contribution in [0.15, 0.2) is 41.1 Å². The van der Waals surface area contributed by atoms with Crippen LogP contribution in [-0.4, -0.2) is 38.7 Å². The predicted molar refractivity (Wildman–Crippen MR) is 105 cm³/mol. The first-order valence-corrected chi connectivity index (χ1v) is 10.3. The van der Waals surface area contributed by atoms with Crippen molar-refractivity contribution >= 4 is 22.9 Å². The standard InChI is InChI=1S/C20H20FN5OS/c21-16-2-1-3-17(7-16)22-20(27)19-24-23-18-6-14-9-25(8-13-4-5-28-12-13)10-15(14)11-26(18)19/h1-5,7,12,14-15H,6,8-11H2,(H,22,27)/t14-,15-/m0/s1. The van der Waals surface area contributed by atoms with Gasteiger partial charge in [-0.25, -0.2) is 4.39 Å². The first-order valence-electron chi connectivity index (χ1n) is 9.38. The second-order valence-corrected chi connectivity index (χ2v) is 8.34. The monoisotopic (exact) mass is 397 g/mol. The Morgan fingerprint density at radius 2 is 2.11 bits per heavy atom. The molecule has 2 aromatic heterocycles. The minimum absolute atomic E-state index is 0.300. The molecule has 5 rings (SSSR count). The summed E-state index contributed by atoms with van der Waals surface area (Å²) in [6, 6.07) is 8.03. The Labute approximate surface area is 166 Å². The molecule has 3 aromatic rings. The van der Waals surface area contributed by atoms with Gasteiger partial charge in [0.1, 0.15) is 11.6 Å². The van der Waals surface area contributed by atoms with Crippen LogP contribution in [0.3, 0.4) is 0 Å². The molecule has 0 saturated carbocycles. The zero-order valence-electron chi connectivity index (χ0n) is 15.2. The van der Waals surface area contributed by atoms with Crippen LogP contribution in [0, 0.1) is 17.7 Å². The molecule has 1 aromatic carbocycles. The Morgan fingerprint density at radius 3 is 2.93 bits per heavy atom. The summed E-state index contributed by atoms with van der Waals surface area (Å²) in [5.41, 5.74) is 1.78. The average molecular weight is 397 g/mol. The Hall–Kier alpha value is -2.58. The highest BCUT2D eigenvalue weighted by Gasteiger charge is 2.39. The highest BCUT2D eigenvalue weighted by Crippen LogP contribution is 2.33. The summed E-state index contributed by atoms with van der Waals surface area (Å²) in [4.78, 5) is 15.2. The fraction of sp³-hybridized carbons (Fsp3) is 0.350. The van der Waals surface area contributed by atoms with Gasteiger partial charge in [-0.15, -0.1) is 10.2 Å². The van der Waals surface area contributed by atoms with E-state index in [0.717, 1.165) is 38.4 Å². The summed E-state index contributed by atoms with van der Waals surface area (Å²) in [7, 11) is 0. The summed E-state index contributed by atoms with van der Waals surface area (Å²) < 4.78 is 15.3. The van der Waals surface area contributed by atoms with Crippen LogP contribution in [0.25, 0.3) is 0 Å². The van der Waals surface area contributed by atoms with E-state index in [9.17, 15) is 9.18 Å². The number of carbonyl (C=O) groups excluding carboxylic acids is 1. The molecular weight excluding hydrogens is 377 g/mol. The number of carbonyl (C=O) groups is 1. The molecule has 8 heteroatoms. The minimum Gasteiger partial charge on any atom is -0.319 e. The van der Waals surface area contributed by atoms with E-state index in [-0.39, 0.29) is 11.7 Å². The molecular formula is C20H20FN5OS. The fourth-order valence-electron chi connectivity index (χ4n) is 4.31. The quantitative estimate of drug-likeness (QED) is 0.735. The third-order valence-corrected chi connectivity index (χ3v) is 6.35. The highest BCUT2D eigenvalue weighted by molar-refractivity contribution is 7.07. The van der Waals surface area contributed by atoms with Gasteiger partial charge in [0.15, 0.2) is 0 Å². The molecule has 0 radical (unpaired) electrons. The number of fused-ring (bicyclic) bond motifs is 2. The van der Waals surface area contributed by atoms with Gasteiger partial charge in [0.05, 0.1) is 0 Å². The Kier molecular flexibility index (Phi) is 4.44. The SMILES string of the molecule is O=C(Nc1cccc(F)c1)c1nnc2n1C[C@@H]1CN(Cc3ccsc3)C[C@@H]1C2. The van der Waals surface area contributed by atoms with Gasteiger partial charge >= 0.3 is 0 Å². The highest BCUT2D eigenvalue weighted by atomic mass is 32.1. The number of nitrogens with one attached hydrogen (secondary N) is 1. The van der Waals surface area contributed by atoms with Gasteiger partial charge in [-0.1, -0.05) is 6.07 Å². The predicted octanol–water partition coefficient (Wildman–Crippen LogP) is 3.04. The molecule has 1 amide bonds. The number of amides is 1.